The number of aliphatic hydroxyl groups excluding tert-OH is 3. The Bertz CT molecular complexity index is 3610. The summed E-state index contributed by atoms with van der Waals surface area (Å²) in [5.41, 5.74) is -6.56. The average Bonchev–Trinajstić information content (AvgIpc) is 1.40. The fourth-order valence-corrected chi connectivity index (χ4v) is 20.1. The standard InChI is InChI=1S/C32H39F2NO7S.C31H37F2NO5.C9H11Cl/c1-29-12-11-22(36)15-25(29)26(33)16-24-23-14-21-18-35(13-7-10-20-8-5-4-6-9-20)42-32(21,28(38)19-41-43(3,39)40)30(23,2)17-27(37)31(24,29)34;1-28-11-10-21(36)14-24(28)25(32)15-23-22-13-20-17-34(12-6-9-19-7-4-3-5-8-19)39-31(20,27(38)18-35)29(22,2)16-26(37)30(23,28)33;1-6-4-7(2)9(10)8(3)5-6/h4-6,8-9,11-12,15,21,23-24,26-27,37H,7,10,13-14,16-19H2,1-3H3;3-5,7-8,10-11,14,20,22-23,25-26,35,37H,6,9,12-13,15-18H2,1-2H3;4-5H,1-3H3/t21-,23-,24-,26-,27-,29-,30-,31-,32-;20-,22-,23-,25-,26-,28-,29-,30-,31-;/m00./s1. The summed E-state index contributed by atoms with van der Waals surface area (Å²) < 4.78 is 95.2. The molecule has 10 aliphatic rings. The molecule has 0 aromatic heterocycles. The summed E-state index contributed by atoms with van der Waals surface area (Å²) in [6.45, 7) is 13.3. The van der Waals surface area contributed by atoms with Crippen molar-refractivity contribution in [1.82, 2.24) is 10.1 Å². The van der Waals surface area contributed by atoms with Gasteiger partial charge in [-0.1, -0.05) is 116 Å². The number of allylic oxidation sites excluding steroid dienone is 8. The van der Waals surface area contributed by atoms with Gasteiger partial charge in [-0.2, -0.15) is 18.5 Å². The Kier molecular flexibility index (Phi) is 18.5. The molecule has 14 nitrogen and oxygen atoms in total. The Labute approximate surface area is 542 Å². The quantitative estimate of drug-likeness (QED) is 0.102. The van der Waals surface area contributed by atoms with E-state index in [1.165, 1.54) is 59.6 Å². The summed E-state index contributed by atoms with van der Waals surface area (Å²) in [5.74, 6) is -5.47. The zero-order valence-corrected chi connectivity index (χ0v) is 55.3. The van der Waals surface area contributed by atoms with Crippen molar-refractivity contribution in [3.8, 4) is 0 Å². The topological polar surface area (TPSA) is 197 Å². The molecule has 13 rings (SSSR count). The lowest BCUT2D eigenvalue weighted by Crippen LogP contribution is -2.70. The van der Waals surface area contributed by atoms with E-state index < -0.39 is 139 Å². The predicted octanol–water partition coefficient (Wildman–Crippen LogP) is 10.7. The highest BCUT2D eigenvalue weighted by molar-refractivity contribution is 7.86. The first-order valence-electron chi connectivity index (χ1n) is 32.4. The fraction of sp³-hybridized carbons (Fsp3) is 0.583. The van der Waals surface area contributed by atoms with Crippen LogP contribution in [-0.4, -0.2) is 150 Å². The van der Waals surface area contributed by atoms with Crippen LogP contribution in [0.5, 0.6) is 0 Å². The number of Topliss-reactive ketones (excluding diaryl/α,β-unsaturated/α-hetero) is 2. The Morgan fingerprint density at radius 2 is 1.05 bits per heavy atom. The molecule has 0 unspecified atom stereocenters. The maximum atomic E-state index is 17.6. The molecule has 0 spiro atoms. The van der Waals surface area contributed by atoms with Crippen molar-refractivity contribution < 1.29 is 74.3 Å². The predicted molar refractivity (Wildman–Crippen MR) is 339 cm³/mol. The molecule has 6 saturated carbocycles. The zero-order valence-electron chi connectivity index (χ0n) is 53.7. The number of hydroxylamine groups is 4. The Morgan fingerprint density at radius 1 is 0.652 bits per heavy atom. The molecular weight excluding hydrogens is 1230 g/mol. The molecule has 3 aromatic carbocycles. The third kappa shape index (κ3) is 10.8. The van der Waals surface area contributed by atoms with Crippen molar-refractivity contribution in [3.05, 3.63) is 153 Å². The highest BCUT2D eigenvalue weighted by atomic mass is 35.5. The van der Waals surface area contributed by atoms with Crippen LogP contribution in [0.25, 0.3) is 0 Å². The van der Waals surface area contributed by atoms with Crippen LogP contribution >= 0.6 is 11.6 Å². The number of ketones is 4. The van der Waals surface area contributed by atoms with E-state index in [9.17, 15) is 42.9 Å². The third-order valence-electron chi connectivity index (χ3n) is 23.7. The van der Waals surface area contributed by atoms with Gasteiger partial charge in [0, 0.05) is 76.5 Å². The van der Waals surface area contributed by atoms with Crippen molar-refractivity contribution in [1.29, 1.82) is 0 Å². The molecule has 0 radical (unpaired) electrons. The first-order chi connectivity index (χ1) is 43.3. The molecular formula is C72H87ClF4N2O12S. The maximum Gasteiger partial charge on any atom is 0.264 e. The third-order valence-corrected chi connectivity index (χ3v) is 24.9. The number of rotatable bonds is 14. The summed E-state index contributed by atoms with van der Waals surface area (Å²) in [6, 6.07) is 24.2. The zero-order chi connectivity index (χ0) is 66.5. The molecule has 8 aliphatic carbocycles. The van der Waals surface area contributed by atoms with Gasteiger partial charge in [0.15, 0.2) is 45.7 Å². The van der Waals surface area contributed by atoms with Gasteiger partial charge in [0.25, 0.3) is 10.1 Å². The van der Waals surface area contributed by atoms with Crippen LogP contribution < -0.4 is 0 Å². The summed E-state index contributed by atoms with van der Waals surface area (Å²) in [7, 11) is -3.95. The van der Waals surface area contributed by atoms with Gasteiger partial charge in [0.2, 0.25) is 0 Å². The second-order valence-electron chi connectivity index (χ2n) is 28.9. The van der Waals surface area contributed by atoms with Crippen LogP contribution in [0, 0.1) is 77.9 Å². The van der Waals surface area contributed by atoms with Gasteiger partial charge < -0.3 is 15.3 Å². The van der Waals surface area contributed by atoms with E-state index in [-0.39, 0.29) is 48.5 Å². The van der Waals surface area contributed by atoms with Gasteiger partial charge in [-0.15, -0.1) is 0 Å². The number of aliphatic hydroxyl groups is 3. The molecule has 0 bridgehead atoms. The van der Waals surface area contributed by atoms with Crippen LogP contribution in [0.4, 0.5) is 17.6 Å². The first kappa shape index (κ1) is 68.3. The van der Waals surface area contributed by atoms with Crippen LogP contribution in [0.1, 0.15) is 107 Å². The number of alkyl halides is 4. The van der Waals surface area contributed by atoms with Crippen molar-refractivity contribution >= 4 is 44.9 Å². The first-order valence-corrected chi connectivity index (χ1v) is 34.6. The summed E-state index contributed by atoms with van der Waals surface area (Å²) in [6.07, 6.45) is 5.55. The largest absolute Gasteiger partial charge is 0.390 e. The number of fused-ring (bicyclic) bond motifs is 14. The summed E-state index contributed by atoms with van der Waals surface area (Å²) in [4.78, 5) is 64.9. The Hall–Kier alpha value is -5.06. The number of carbonyl (C=O) groups excluding carboxylic acids is 4. The lowest BCUT2D eigenvalue weighted by atomic mass is 9.44. The molecule has 3 aromatic rings. The normalized spacial score (nSPS) is 39.8. The van der Waals surface area contributed by atoms with Crippen molar-refractivity contribution in [3.63, 3.8) is 0 Å². The number of aryl methyl sites for hydroxylation is 5. The molecule has 2 saturated heterocycles. The van der Waals surface area contributed by atoms with Gasteiger partial charge in [-0.25, -0.2) is 17.6 Å². The van der Waals surface area contributed by atoms with Gasteiger partial charge in [0.05, 0.1) is 18.5 Å². The van der Waals surface area contributed by atoms with Crippen LogP contribution in [-0.2, 0) is 56.0 Å². The maximum absolute atomic E-state index is 17.6. The molecule has 8 fully saturated rings. The minimum Gasteiger partial charge on any atom is -0.390 e. The minimum absolute atomic E-state index is 0.0350. The smallest absolute Gasteiger partial charge is 0.264 e. The number of carbonyl (C=O) groups is 4. The van der Waals surface area contributed by atoms with Crippen LogP contribution in [0.2, 0.25) is 5.02 Å². The number of hydrogen-bond acceptors (Lipinski definition) is 14. The van der Waals surface area contributed by atoms with Gasteiger partial charge in [-0.05, 0) is 168 Å². The van der Waals surface area contributed by atoms with Crippen LogP contribution in [0.15, 0.2) is 120 Å². The molecule has 498 valence electrons. The number of benzene rings is 3. The monoisotopic (exact) mass is 1310 g/mol. The SMILES string of the molecule is C[C@]12C=CC(=O)C=C1[C@@H](F)C[C@H]1[C@@H]3C[C@H]4CN(CCCc5ccccc5)O[C@@]4(C(=O)CO)[C@@]3(C)C[C@H](O)[C@@]12F.C[C@]12C=CC(=O)C=C1[C@@H](F)C[C@H]1[C@@H]3C[C@H]4CN(CCCc5ccccc5)O[C@@]4(C(=O)COS(C)(=O)=O)[C@@]3(C)C[C@H](O)[C@@]12F.Cc1cc(C)c(Cl)c(C)c1. The van der Waals surface area contributed by atoms with Gasteiger partial charge >= 0.3 is 0 Å². The Morgan fingerprint density at radius 3 is 1.45 bits per heavy atom. The summed E-state index contributed by atoms with van der Waals surface area (Å²) in [5, 5.41) is 37.7. The molecule has 2 aliphatic heterocycles. The van der Waals surface area contributed by atoms with Gasteiger partial charge in [-0.3, -0.25) is 33.0 Å². The molecule has 92 heavy (non-hydrogen) atoms. The van der Waals surface area contributed by atoms with Gasteiger partial charge in [0.1, 0.15) is 25.6 Å². The van der Waals surface area contributed by atoms with E-state index in [0.717, 1.165) is 48.6 Å². The second-order valence-corrected chi connectivity index (χ2v) is 30.9. The highest BCUT2D eigenvalue weighted by Crippen LogP contribution is 2.75. The van der Waals surface area contributed by atoms with Crippen molar-refractivity contribution in [2.45, 2.75) is 160 Å². The van der Waals surface area contributed by atoms with Crippen molar-refractivity contribution in [2.75, 3.05) is 45.6 Å². The lowest BCUT2D eigenvalue weighted by molar-refractivity contribution is -0.267. The number of hydrogen-bond donors (Lipinski definition) is 3. The number of nitrogens with zero attached hydrogens (tertiary/aromatic N) is 2. The summed E-state index contributed by atoms with van der Waals surface area (Å²) >= 11 is 5.95. The molecule has 3 N–H and O–H groups in total. The van der Waals surface area contributed by atoms with E-state index in [1.807, 2.05) is 69.3 Å². The Balaban J connectivity index is 0.000000164. The minimum atomic E-state index is -3.95. The highest BCUT2D eigenvalue weighted by Gasteiger charge is 2.81. The number of halogens is 5. The van der Waals surface area contributed by atoms with E-state index in [0.29, 0.717) is 39.0 Å². The fourth-order valence-electron chi connectivity index (χ4n) is 19.7. The van der Waals surface area contributed by atoms with E-state index in [1.54, 1.807) is 24.0 Å². The average molecular weight is 1320 g/mol. The lowest BCUT2D eigenvalue weighted by Gasteiger charge is -2.63. The molecule has 0 amide bonds. The van der Waals surface area contributed by atoms with Crippen LogP contribution in [0.3, 0.4) is 0 Å². The second kappa shape index (κ2) is 24.9. The van der Waals surface area contributed by atoms with E-state index >= 15 is 17.6 Å². The van der Waals surface area contributed by atoms with E-state index in [2.05, 4.69) is 31.2 Å². The van der Waals surface area contributed by atoms with Crippen molar-refractivity contribution in [2.24, 2.45) is 57.2 Å². The molecule has 18 atom stereocenters. The van der Waals surface area contributed by atoms with E-state index in [4.69, 9.17) is 25.5 Å². The molecule has 20 heteroatoms. The molecule has 2 heterocycles.